The van der Waals surface area contributed by atoms with E-state index in [1.54, 1.807) is 0 Å². The molecular formula is C24H16Cl3F4N3O3. The van der Waals surface area contributed by atoms with Crippen LogP contribution in [0.4, 0.5) is 34.6 Å². The second-order valence-electron chi connectivity index (χ2n) is 8.11. The Hall–Kier alpha value is -3.21. The van der Waals surface area contributed by atoms with Gasteiger partial charge in [0.25, 0.3) is 5.91 Å². The molecule has 1 aliphatic carbocycles. The number of nitrogen functional groups attached to an aromatic ring is 1. The van der Waals surface area contributed by atoms with E-state index in [9.17, 15) is 27.2 Å². The summed E-state index contributed by atoms with van der Waals surface area (Å²) < 4.78 is 59.3. The third-order valence-electron chi connectivity index (χ3n) is 5.77. The van der Waals surface area contributed by atoms with Gasteiger partial charge in [-0.3, -0.25) is 9.59 Å². The summed E-state index contributed by atoms with van der Waals surface area (Å²) >= 11 is 18.4. The monoisotopic (exact) mass is 575 g/mol. The van der Waals surface area contributed by atoms with Gasteiger partial charge >= 0.3 is 0 Å². The number of nitrogens with two attached hydrogens (primary N) is 1. The van der Waals surface area contributed by atoms with Crippen molar-refractivity contribution in [1.29, 1.82) is 0 Å². The van der Waals surface area contributed by atoms with Gasteiger partial charge < -0.3 is 21.1 Å². The van der Waals surface area contributed by atoms with Crippen LogP contribution in [-0.4, -0.2) is 23.3 Å². The van der Waals surface area contributed by atoms with Crippen LogP contribution in [0.2, 0.25) is 5.02 Å². The van der Waals surface area contributed by atoms with Crippen molar-refractivity contribution in [1.82, 2.24) is 0 Å². The summed E-state index contributed by atoms with van der Waals surface area (Å²) in [5, 5.41) is 4.41. The molecule has 6 nitrogen and oxygen atoms in total. The number of amides is 2. The molecular weight excluding hydrogens is 561 g/mol. The lowest BCUT2D eigenvalue weighted by Gasteiger charge is -2.14. The molecule has 194 valence electrons. The summed E-state index contributed by atoms with van der Waals surface area (Å²) in [4.78, 5) is 25.8. The van der Waals surface area contributed by atoms with Gasteiger partial charge in [0.15, 0.2) is 17.4 Å². The number of ether oxygens (including phenoxy) is 1. The summed E-state index contributed by atoms with van der Waals surface area (Å²) in [6.07, 6.45) is 0. The van der Waals surface area contributed by atoms with E-state index in [2.05, 4.69) is 10.6 Å². The Morgan fingerprint density at radius 3 is 2.30 bits per heavy atom. The minimum Gasteiger partial charge on any atom is -0.493 e. The van der Waals surface area contributed by atoms with Crippen molar-refractivity contribution in [2.45, 2.75) is 10.3 Å². The zero-order valence-electron chi connectivity index (χ0n) is 18.6. The number of rotatable bonds is 6. The fraction of sp³-hybridized carbons (Fsp3) is 0.167. The summed E-state index contributed by atoms with van der Waals surface area (Å²) in [5.74, 6) is -7.95. The molecule has 2 atom stereocenters. The number of halogens is 7. The molecule has 0 aliphatic heterocycles. The van der Waals surface area contributed by atoms with Gasteiger partial charge in [0, 0.05) is 17.7 Å². The average molecular weight is 577 g/mol. The fourth-order valence-electron chi connectivity index (χ4n) is 3.89. The van der Waals surface area contributed by atoms with Crippen molar-refractivity contribution < 1.29 is 31.9 Å². The molecule has 0 aromatic heterocycles. The zero-order chi connectivity index (χ0) is 27.2. The molecule has 0 radical (unpaired) electrons. The fourth-order valence-corrected chi connectivity index (χ4v) is 4.91. The maximum atomic E-state index is 14.7. The molecule has 0 heterocycles. The van der Waals surface area contributed by atoms with Gasteiger partial charge in [-0.25, -0.2) is 17.6 Å². The van der Waals surface area contributed by atoms with Crippen LogP contribution < -0.4 is 21.1 Å². The molecule has 37 heavy (non-hydrogen) atoms. The highest BCUT2D eigenvalue weighted by Gasteiger charge is 2.67. The van der Waals surface area contributed by atoms with E-state index in [0.717, 1.165) is 37.4 Å². The number of alkyl halides is 2. The molecule has 4 rings (SSSR count). The average Bonchev–Trinajstić information content (AvgIpc) is 3.42. The van der Waals surface area contributed by atoms with Gasteiger partial charge in [0.05, 0.1) is 29.3 Å². The molecule has 0 bridgehead atoms. The number of nitrogens with one attached hydrogen (secondary N) is 2. The maximum Gasteiger partial charge on any atom is 0.259 e. The van der Waals surface area contributed by atoms with Crippen molar-refractivity contribution in [2.75, 3.05) is 23.5 Å². The lowest BCUT2D eigenvalue weighted by Crippen LogP contribution is -2.19. The number of anilines is 3. The first-order chi connectivity index (χ1) is 17.4. The van der Waals surface area contributed by atoms with Crippen molar-refractivity contribution in [3.05, 3.63) is 81.9 Å². The van der Waals surface area contributed by atoms with Gasteiger partial charge in [-0.05, 0) is 35.9 Å². The van der Waals surface area contributed by atoms with Crippen LogP contribution in [0, 0.1) is 29.2 Å². The van der Waals surface area contributed by atoms with Gasteiger partial charge in [0.1, 0.15) is 21.7 Å². The maximum absolute atomic E-state index is 14.7. The Kier molecular flexibility index (Phi) is 7.20. The molecule has 1 fully saturated rings. The third-order valence-corrected chi connectivity index (χ3v) is 7.00. The Morgan fingerprint density at radius 2 is 1.65 bits per heavy atom. The molecule has 0 spiro atoms. The first kappa shape index (κ1) is 26.8. The van der Waals surface area contributed by atoms with Crippen LogP contribution >= 0.6 is 34.8 Å². The largest absolute Gasteiger partial charge is 0.493 e. The summed E-state index contributed by atoms with van der Waals surface area (Å²) in [7, 11) is 1.10. The van der Waals surface area contributed by atoms with Crippen LogP contribution in [0.5, 0.6) is 5.75 Å². The molecule has 4 N–H and O–H groups in total. The van der Waals surface area contributed by atoms with Crippen molar-refractivity contribution in [3.8, 4) is 5.75 Å². The van der Waals surface area contributed by atoms with Crippen LogP contribution in [0.25, 0.3) is 0 Å². The summed E-state index contributed by atoms with van der Waals surface area (Å²) in [6, 6.07) is 7.53. The molecule has 0 unspecified atom stereocenters. The van der Waals surface area contributed by atoms with Crippen LogP contribution in [0.1, 0.15) is 21.8 Å². The minimum atomic E-state index is -1.56. The number of hydrogen-bond donors (Lipinski definition) is 3. The molecule has 1 saturated carbocycles. The zero-order valence-corrected chi connectivity index (χ0v) is 20.9. The molecule has 0 saturated heterocycles. The topological polar surface area (TPSA) is 93.4 Å². The molecule has 1 aliphatic rings. The van der Waals surface area contributed by atoms with E-state index < -0.39 is 73.9 Å². The Balaban J connectivity index is 1.59. The minimum absolute atomic E-state index is 0.167. The van der Waals surface area contributed by atoms with E-state index in [-0.39, 0.29) is 10.7 Å². The van der Waals surface area contributed by atoms with Crippen LogP contribution in [-0.2, 0) is 4.79 Å². The number of benzene rings is 3. The first-order valence-corrected chi connectivity index (χ1v) is 11.6. The highest BCUT2D eigenvalue weighted by Crippen LogP contribution is 2.65. The SMILES string of the molecule is COc1c(F)cc(NC(=O)[C@H]2[C@H](c3ccc(F)c(Cl)c3)C2(Cl)Cl)cc1C(=O)Nc1ccc(F)c(N)c1F. The third kappa shape index (κ3) is 5.01. The number of methoxy groups -OCH3 is 1. The van der Waals surface area contributed by atoms with E-state index in [4.69, 9.17) is 45.3 Å². The molecule has 3 aromatic carbocycles. The normalized spacial score (nSPS) is 17.7. The van der Waals surface area contributed by atoms with Crippen LogP contribution in [0.15, 0.2) is 42.5 Å². The molecule has 2 amide bonds. The molecule has 13 heteroatoms. The summed E-state index contributed by atoms with van der Waals surface area (Å²) in [6.45, 7) is 0. The predicted octanol–water partition coefficient (Wildman–Crippen LogP) is 6.27. The van der Waals surface area contributed by atoms with E-state index in [1.165, 1.54) is 12.1 Å². The Morgan fingerprint density at radius 1 is 0.973 bits per heavy atom. The van der Waals surface area contributed by atoms with E-state index in [1.807, 2.05) is 0 Å². The van der Waals surface area contributed by atoms with Crippen molar-refractivity contribution in [3.63, 3.8) is 0 Å². The van der Waals surface area contributed by atoms with Gasteiger partial charge in [-0.15, -0.1) is 23.2 Å². The highest BCUT2D eigenvalue weighted by molar-refractivity contribution is 6.53. The van der Waals surface area contributed by atoms with Gasteiger partial charge in [0.2, 0.25) is 5.91 Å². The quantitative estimate of drug-likeness (QED) is 0.183. The van der Waals surface area contributed by atoms with Gasteiger partial charge in [-0.2, -0.15) is 0 Å². The number of carbonyl (C=O) groups is 2. The number of carbonyl (C=O) groups excluding carboxylic acids is 2. The Labute approximate surface area is 222 Å². The Bertz CT molecular complexity index is 1440. The predicted molar refractivity (Wildman–Crippen MR) is 132 cm³/mol. The van der Waals surface area contributed by atoms with Gasteiger partial charge in [-0.1, -0.05) is 17.7 Å². The number of hydrogen-bond acceptors (Lipinski definition) is 4. The summed E-state index contributed by atoms with van der Waals surface area (Å²) in [5.41, 5.74) is 3.85. The highest BCUT2D eigenvalue weighted by atomic mass is 35.5. The molecule has 3 aromatic rings. The van der Waals surface area contributed by atoms with Crippen molar-refractivity contribution >= 4 is 63.7 Å². The van der Waals surface area contributed by atoms with E-state index in [0.29, 0.717) is 5.56 Å². The van der Waals surface area contributed by atoms with E-state index >= 15 is 0 Å². The second kappa shape index (κ2) is 9.92. The lowest BCUT2D eigenvalue weighted by atomic mass is 10.1. The van der Waals surface area contributed by atoms with Crippen molar-refractivity contribution in [2.24, 2.45) is 5.92 Å². The lowest BCUT2D eigenvalue weighted by molar-refractivity contribution is -0.117. The standard InChI is InChI=1S/C24H16Cl3F4N3O3/c1-37-21-11(22(35)34-16-5-4-14(29)20(32)19(16)31)7-10(8-15(21)30)33-23(36)18-17(24(18,26)27)9-2-3-13(28)12(25)6-9/h2-8,17-18H,32H2,1H3,(H,33,36)(H,34,35)/t17-,18+/m0/s1. The van der Waals surface area contributed by atoms with Crippen LogP contribution in [0.3, 0.4) is 0 Å². The smallest absolute Gasteiger partial charge is 0.259 e. The first-order valence-electron chi connectivity index (χ1n) is 10.4. The second-order valence-corrected chi connectivity index (χ2v) is 9.96.